The van der Waals surface area contributed by atoms with Gasteiger partial charge in [0, 0.05) is 11.9 Å². The molecule has 2 aromatic heterocycles. The van der Waals surface area contributed by atoms with Gasteiger partial charge in [-0.25, -0.2) is 0 Å². The average molecular weight is 264 g/mol. The number of para-hydroxylation sites is 1. The Hall–Kier alpha value is -2.95. The fourth-order valence-electron chi connectivity index (χ4n) is 1.88. The smallest absolute Gasteiger partial charge is 0.259 e. The molecule has 20 heavy (non-hydrogen) atoms. The van der Waals surface area contributed by atoms with Crippen molar-refractivity contribution < 1.29 is 4.79 Å². The van der Waals surface area contributed by atoms with Crippen LogP contribution in [0.3, 0.4) is 0 Å². The maximum absolute atomic E-state index is 12.3. The van der Waals surface area contributed by atoms with Crippen LogP contribution in [0.5, 0.6) is 0 Å². The number of nitrogens with zero attached hydrogens (tertiary/aromatic N) is 2. The molecule has 0 aliphatic heterocycles. The van der Waals surface area contributed by atoms with E-state index < -0.39 is 0 Å². The molecule has 0 saturated carbocycles. The van der Waals surface area contributed by atoms with Gasteiger partial charge in [0.05, 0.1) is 23.1 Å². The number of pyridine rings is 1. The fourth-order valence-corrected chi connectivity index (χ4v) is 1.88. The van der Waals surface area contributed by atoms with Crippen molar-refractivity contribution in [1.29, 1.82) is 0 Å². The summed E-state index contributed by atoms with van der Waals surface area (Å²) in [5, 5.41) is 9.58. The topological polar surface area (TPSA) is 70.7 Å². The van der Waals surface area contributed by atoms with Gasteiger partial charge in [-0.3, -0.25) is 14.9 Å². The normalized spacial score (nSPS) is 10.2. The van der Waals surface area contributed by atoms with Crippen molar-refractivity contribution in [2.24, 2.45) is 0 Å². The van der Waals surface area contributed by atoms with Crippen molar-refractivity contribution in [2.45, 2.75) is 0 Å². The molecular formula is C15H12N4O. The molecule has 0 radical (unpaired) electrons. The maximum Gasteiger partial charge on any atom is 0.259 e. The van der Waals surface area contributed by atoms with E-state index in [1.165, 1.54) is 6.20 Å². The average Bonchev–Trinajstić information content (AvgIpc) is 2.99. The summed E-state index contributed by atoms with van der Waals surface area (Å²) in [5.41, 5.74) is 2.50. The molecular weight excluding hydrogens is 252 g/mol. The standard InChI is InChI=1S/C15H12N4O/c20-15(18-11-6-2-1-3-7-11)12-10-17-19-14(12)13-8-4-5-9-16-13/h1-10H,(H,17,19)(H,18,20). The number of carbonyl (C=O) groups is 1. The molecule has 3 aromatic rings. The Labute approximate surface area is 115 Å². The molecule has 0 fully saturated rings. The van der Waals surface area contributed by atoms with Crippen molar-refractivity contribution in [3.05, 3.63) is 66.5 Å². The first kappa shape index (κ1) is 12.1. The van der Waals surface area contributed by atoms with Gasteiger partial charge in [-0.2, -0.15) is 5.10 Å². The summed E-state index contributed by atoms with van der Waals surface area (Å²) in [4.78, 5) is 16.5. The minimum absolute atomic E-state index is 0.217. The summed E-state index contributed by atoms with van der Waals surface area (Å²) in [6.07, 6.45) is 3.18. The number of amides is 1. The Morgan fingerprint density at radius 1 is 1.05 bits per heavy atom. The highest BCUT2D eigenvalue weighted by atomic mass is 16.1. The summed E-state index contributed by atoms with van der Waals surface area (Å²) < 4.78 is 0. The molecule has 3 rings (SSSR count). The summed E-state index contributed by atoms with van der Waals surface area (Å²) in [5.74, 6) is -0.217. The van der Waals surface area contributed by atoms with E-state index in [1.807, 2.05) is 48.5 Å². The molecule has 1 aromatic carbocycles. The number of rotatable bonds is 3. The molecule has 0 saturated heterocycles. The summed E-state index contributed by atoms with van der Waals surface area (Å²) in [6.45, 7) is 0. The lowest BCUT2D eigenvalue weighted by molar-refractivity contribution is 0.102. The van der Waals surface area contributed by atoms with Gasteiger partial charge in [0.25, 0.3) is 5.91 Å². The van der Waals surface area contributed by atoms with E-state index in [-0.39, 0.29) is 5.91 Å². The van der Waals surface area contributed by atoms with Crippen LogP contribution in [0.4, 0.5) is 5.69 Å². The van der Waals surface area contributed by atoms with Crippen LogP contribution in [0.2, 0.25) is 0 Å². The highest BCUT2D eigenvalue weighted by Gasteiger charge is 2.15. The molecule has 2 heterocycles. The zero-order valence-corrected chi connectivity index (χ0v) is 10.6. The lowest BCUT2D eigenvalue weighted by Crippen LogP contribution is -2.12. The Morgan fingerprint density at radius 3 is 2.60 bits per heavy atom. The third kappa shape index (κ3) is 2.42. The third-order valence-corrected chi connectivity index (χ3v) is 2.84. The molecule has 5 nitrogen and oxygen atoms in total. The van der Waals surface area contributed by atoms with E-state index in [0.29, 0.717) is 17.0 Å². The predicted octanol–water partition coefficient (Wildman–Crippen LogP) is 2.72. The van der Waals surface area contributed by atoms with Gasteiger partial charge in [-0.1, -0.05) is 24.3 Å². The number of carbonyl (C=O) groups excluding carboxylic acids is 1. The molecule has 0 spiro atoms. The van der Waals surface area contributed by atoms with Crippen LogP contribution in [-0.4, -0.2) is 21.1 Å². The highest BCUT2D eigenvalue weighted by molar-refractivity contribution is 6.07. The van der Waals surface area contributed by atoms with Crippen LogP contribution in [0.25, 0.3) is 11.4 Å². The molecule has 2 N–H and O–H groups in total. The Balaban J connectivity index is 1.88. The van der Waals surface area contributed by atoms with Crippen LogP contribution in [-0.2, 0) is 0 Å². The molecule has 0 aliphatic rings. The van der Waals surface area contributed by atoms with Crippen LogP contribution in [0.1, 0.15) is 10.4 Å². The number of H-pyrrole nitrogens is 1. The van der Waals surface area contributed by atoms with Gasteiger partial charge in [0.1, 0.15) is 0 Å². The molecule has 0 unspecified atom stereocenters. The van der Waals surface area contributed by atoms with Crippen LogP contribution < -0.4 is 5.32 Å². The third-order valence-electron chi connectivity index (χ3n) is 2.84. The second-order valence-electron chi connectivity index (χ2n) is 4.19. The number of aromatic amines is 1. The monoisotopic (exact) mass is 264 g/mol. The molecule has 5 heteroatoms. The fraction of sp³-hybridized carbons (Fsp3) is 0. The molecule has 98 valence electrons. The van der Waals surface area contributed by atoms with Gasteiger partial charge in [-0.15, -0.1) is 0 Å². The first-order valence-corrected chi connectivity index (χ1v) is 6.16. The largest absolute Gasteiger partial charge is 0.322 e. The zero-order chi connectivity index (χ0) is 13.8. The second kappa shape index (κ2) is 5.36. The molecule has 0 atom stereocenters. The number of benzene rings is 1. The number of nitrogens with one attached hydrogen (secondary N) is 2. The number of anilines is 1. The number of hydrogen-bond acceptors (Lipinski definition) is 3. The van der Waals surface area contributed by atoms with Crippen LogP contribution >= 0.6 is 0 Å². The lowest BCUT2D eigenvalue weighted by atomic mass is 10.1. The number of aromatic nitrogens is 3. The minimum atomic E-state index is -0.217. The van der Waals surface area contributed by atoms with E-state index in [9.17, 15) is 4.79 Å². The van der Waals surface area contributed by atoms with Crippen molar-refractivity contribution in [2.75, 3.05) is 5.32 Å². The Bertz CT molecular complexity index is 707. The van der Waals surface area contributed by atoms with Gasteiger partial charge in [0.15, 0.2) is 0 Å². The first-order valence-electron chi connectivity index (χ1n) is 6.16. The molecule has 1 amide bonds. The van der Waals surface area contributed by atoms with Gasteiger partial charge in [-0.05, 0) is 24.3 Å². The quantitative estimate of drug-likeness (QED) is 0.764. The van der Waals surface area contributed by atoms with E-state index in [0.717, 1.165) is 5.69 Å². The summed E-state index contributed by atoms with van der Waals surface area (Å²) in [6, 6.07) is 14.8. The highest BCUT2D eigenvalue weighted by Crippen LogP contribution is 2.19. The summed E-state index contributed by atoms with van der Waals surface area (Å²) >= 11 is 0. The first-order chi connectivity index (χ1) is 9.84. The maximum atomic E-state index is 12.3. The van der Waals surface area contributed by atoms with Gasteiger partial charge >= 0.3 is 0 Å². The predicted molar refractivity (Wildman–Crippen MR) is 76.2 cm³/mol. The minimum Gasteiger partial charge on any atom is -0.322 e. The van der Waals surface area contributed by atoms with E-state index >= 15 is 0 Å². The van der Waals surface area contributed by atoms with Gasteiger partial charge < -0.3 is 5.32 Å². The van der Waals surface area contributed by atoms with Crippen molar-refractivity contribution >= 4 is 11.6 Å². The van der Waals surface area contributed by atoms with E-state index in [2.05, 4.69) is 20.5 Å². The van der Waals surface area contributed by atoms with Crippen LogP contribution in [0, 0.1) is 0 Å². The molecule has 0 aliphatic carbocycles. The summed E-state index contributed by atoms with van der Waals surface area (Å²) in [7, 11) is 0. The Kier molecular flexibility index (Phi) is 3.24. The molecule has 0 bridgehead atoms. The lowest BCUT2D eigenvalue weighted by Gasteiger charge is -2.05. The van der Waals surface area contributed by atoms with Crippen molar-refractivity contribution in [1.82, 2.24) is 15.2 Å². The Morgan fingerprint density at radius 2 is 1.85 bits per heavy atom. The van der Waals surface area contributed by atoms with Crippen molar-refractivity contribution in [3.8, 4) is 11.4 Å². The zero-order valence-electron chi connectivity index (χ0n) is 10.6. The van der Waals surface area contributed by atoms with E-state index in [1.54, 1.807) is 6.20 Å². The van der Waals surface area contributed by atoms with Gasteiger partial charge in [0.2, 0.25) is 0 Å². The van der Waals surface area contributed by atoms with Crippen molar-refractivity contribution in [3.63, 3.8) is 0 Å². The number of hydrogen-bond donors (Lipinski definition) is 2. The SMILES string of the molecule is O=C(Nc1ccccc1)c1cn[nH]c1-c1ccccn1. The van der Waals surface area contributed by atoms with E-state index in [4.69, 9.17) is 0 Å². The van der Waals surface area contributed by atoms with Crippen LogP contribution in [0.15, 0.2) is 60.9 Å². The second-order valence-corrected chi connectivity index (χ2v) is 4.19.